The second-order valence-corrected chi connectivity index (χ2v) is 2.94. The van der Waals surface area contributed by atoms with Crippen molar-refractivity contribution in [1.29, 1.82) is 0 Å². The van der Waals surface area contributed by atoms with Gasteiger partial charge in [0.05, 0.1) is 13.0 Å². The molecule has 0 spiro atoms. The summed E-state index contributed by atoms with van der Waals surface area (Å²) in [6.45, 7) is 1.85. The van der Waals surface area contributed by atoms with Crippen LogP contribution in [0.15, 0.2) is 12.1 Å². The highest BCUT2D eigenvalue weighted by molar-refractivity contribution is 5.75. The van der Waals surface area contributed by atoms with Crippen LogP contribution in [0.1, 0.15) is 12.5 Å². The summed E-state index contributed by atoms with van der Waals surface area (Å²) in [6.07, 6.45) is -0.286. The van der Waals surface area contributed by atoms with Gasteiger partial charge in [-0.15, -0.1) is 0 Å². The van der Waals surface area contributed by atoms with Crippen molar-refractivity contribution in [2.24, 2.45) is 0 Å². The fourth-order valence-corrected chi connectivity index (χ4v) is 1.17. The summed E-state index contributed by atoms with van der Waals surface area (Å²) in [4.78, 5) is 11.1. The smallest absolute Gasteiger partial charge is 0.310 e. The molecule has 0 atom stereocenters. The van der Waals surface area contributed by atoms with Crippen LogP contribution in [0.2, 0.25) is 0 Å². The highest BCUT2D eigenvalue weighted by atomic mass is 19.1. The van der Waals surface area contributed by atoms with Gasteiger partial charge in [0.15, 0.2) is 0 Å². The third-order valence-electron chi connectivity index (χ3n) is 1.82. The highest BCUT2D eigenvalue weighted by Crippen LogP contribution is 2.18. The van der Waals surface area contributed by atoms with Gasteiger partial charge in [0, 0.05) is 17.3 Å². The maximum Gasteiger partial charge on any atom is 0.310 e. The molecule has 0 heterocycles. The monoisotopic (exact) mass is 215 g/mol. The number of hydrogen-bond donors (Lipinski definition) is 1. The van der Waals surface area contributed by atoms with Crippen LogP contribution < -0.4 is 5.73 Å². The van der Waals surface area contributed by atoms with E-state index in [0.29, 0.717) is 6.07 Å². The molecule has 0 unspecified atom stereocenters. The zero-order valence-electron chi connectivity index (χ0n) is 8.22. The minimum absolute atomic E-state index is 0.0325. The normalized spacial score (nSPS) is 10.1. The lowest BCUT2D eigenvalue weighted by molar-refractivity contribution is -0.142. The first kappa shape index (κ1) is 11.4. The Morgan fingerprint density at radius 3 is 2.67 bits per heavy atom. The second kappa shape index (κ2) is 4.72. The first-order valence-electron chi connectivity index (χ1n) is 4.43. The molecule has 3 nitrogen and oxygen atoms in total. The Labute approximate surface area is 85.8 Å². The third kappa shape index (κ3) is 2.90. The molecule has 1 aromatic carbocycles. The predicted molar refractivity (Wildman–Crippen MR) is 51.1 cm³/mol. The number of ether oxygens (including phenoxy) is 1. The van der Waals surface area contributed by atoms with Crippen LogP contribution in [-0.4, -0.2) is 12.6 Å². The second-order valence-electron chi connectivity index (χ2n) is 2.94. The molecule has 5 heteroatoms. The Balaban J connectivity index is 2.90. The molecule has 0 aliphatic rings. The van der Waals surface area contributed by atoms with E-state index >= 15 is 0 Å². The summed E-state index contributed by atoms with van der Waals surface area (Å²) in [5.74, 6) is -2.19. The van der Waals surface area contributed by atoms with E-state index in [4.69, 9.17) is 5.73 Å². The lowest BCUT2D eigenvalue weighted by Gasteiger charge is -2.06. The van der Waals surface area contributed by atoms with Crippen LogP contribution in [0.5, 0.6) is 0 Å². The summed E-state index contributed by atoms with van der Waals surface area (Å²) >= 11 is 0. The van der Waals surface area contributed by atoms with Gasteiger partial charge in [-0.2, -0.15) is 0 Å². The van der Waals surface area contributed by atoms with E-state index in [9.17, 15) is 13.6 Å². The molecule has 15 heavy (non-hydrogen) atoms. The molecule has 1 rings (SSSR count). The molecule has 1 aromatic rings. The third-order valence-corrected chi connectivity index (χ3v) is 1.82. The molecule has 2 N–H and O–H groups in total. The molecule has 0 radical (unpaired) electrons. The summed E-state index contributed by atoms with van der Waals surface area (Å²) in [5, 5.41) is 0. The van der Waals surface area contributed by atoms with Gasteiger partial charge in [-0.1, -0.05) is 0 Å². The average Bonchev–Trinajstić information content (AvgIpc) is 2.11. The average molecular weight is 215 g/mol. The van der Waals surface area contributed by atoms with Gasteiger partial charge in [0.1, 0.15) is 11.6 Å². The molecule has 0 saturated heterocycles. The van der Waals surface area contributed by atoms with Crippen molar-refractivity contribution in [2.45, 2.75) is 13.3 Å². The molecule has 0 aromatic heterocycles. The maximum absolute atomic E-state index is 13.2. The van der Waals surface area contributed by atoms with Gasteiger partial charge >= 0.3 is 5.97 Å². The molecule has 0 fully saturated rings. The lowest BCUT2D eigenvalue weighted by atomic mass is 10.1. The van der Waals surface area contributed by atoms with Crippen LogP contribution in [0, 0.1) is 11.6 Å². The number of benzene rings is 1. The predicted octanol–water partition coefficient (Wildman–Crippen LogP) is 1.65. The van der Waals surface area contributed by atoms with Crippen LogP contribution in [0.4, 0.5) is 14.5 Å². The van der Waals surface area contributed by atoms with Crippen LogP contribution in [-0.2, 0) is 16.0 Å². The minimum Gasteiger partial charge on any atom is -0.466 e. The van der Waals surface area contributed by atoms with Gasteiger partial charge in [-0.3, -0.25) is 4.79 Å². The lowest BCUT2D eigenvalue weighted by Crippen LogP contribution is -2.11. The number of esters is 1. The molecular formula is C10H11F2NO2. The molecule has 0 saturated carbocycles. The fraction of sp³-hybridized carbons (Fsp3) is 0.300. The number of anilines is 1. The van der Waals surface area contributed by atoms with Crippen LogP contribution >= 0.6 is 0 Å². The largest absolute Gasteiger partial charge is 0.466 e. The van der Waals surface area contributed by atoms with E-state index in [1.165, 1.54) is 0 Å². The van der Waals surface area contributed by atoms with Crippen molar-refractivity contribution < 1.29 is 18.3 Å². The van der Waals surface area contributed by atoms with Crippen molar-refractivity contribution in [3.63, 3.8) is 0 Å². The zero-order chi connectivity index (χ0) is 11.4. The Hall–Kier alpha value is -1.65. The Morgan fingerprint density at radius 2 is 2.13 bits per heavy atom. The van der Waals surface area contributed by atoms with E-state index in [2.05, 4.69) is 4.74 Å². The van der Waals surface area contributed by atoms with Crippen molar-refractivity contribution in [3.8, 4) is 0 Å². The van der Waals surface area contributed by atoms with Crippen molar-refractivity contribution in [1.82, 2.24) is 0 Å². The standard InChI is InChI=1S/C10H11F2NO2/c1-2-15-10(14)5-7-8(12)3-6(11)4-9(7)13/h3-4H,2,5,13H2,1H3. The Kier molecular flexibility index (Phi) is 3.60. The molecular weight excluding hydrogens is 204 g/mol. The van der Waals surface area contributed by atoms with Crippen LogP contribution in [0.3, 0.4) is 0 Å². The summed E-state index contributed by atoms with van der Waals surface area (Å²) in [7, 11) is 0. The van der Waals surface area contributed by atoms with Gasteiger partial charge in [-0.05, 0) is 13.0 Å². The summed E-state index contributed by atoms with van der Waals surface area (Å²) in [6, 6.07) is 1.66. The number of carbonyl (C=O) groups is 1. The minimum atomic E-state index is -0.833. The Bertz CT molecular complexity index is 357. The van der Waals surface area contributed by atoms with E-state index in [0.717, 1.165) is 6.07 Å². The van der Waals surface area contributed by atoms with Gasteiger partial charge in [0.25, 0.3) is 0 Å². The number of rotatable bonds is 3. The van der Waals surface area contributed by atoms with Gasteiger partial charge < -0.3 is 10.5 Å². The number of halogens is 2. The van der Waals surface area contributed by atoms with Crippen molar-refractivity contribution >= 4 is 11.7 Å². The fourth-order valence-electron chi connectivity index (χ4n) is 1.17. The molecule has 0 bridgehead atoms. The number of nitrogen functional groups attached to an aromatic ring is 1. The SMILES string of the molecule is CCOC(=O)Cc1c(N)cc(F)cc1F. The zero-order valence-corrected chi connectivity index (χ0v) is 8.22. The molecule has 82 valence electrons. The number of hydrogen-bond acceptors (Lipinski definition) is 3. The van der Waals surface area contributed by atoms with E-state index in [-0.39, 0.29) is 24.3 Å². The van der Waals surface area contributed by atoms with E-state index in [1.807, 2.05) is 0 Å². The van der Waals surface area contributed by atoms with Crippen LogP contribution in [0.25, 0.3) is 0 Å². The topological polar surface area (TPSA) is 52.3 Å². The quantitative estimate of drug-likeness (QED) is 0.616. The number of carbonyl (C=O) groups excluding carboxylic acids is 1. The first-order chi connectivity index (χ1) is 7.04. The maximum atomic E-state index is 13.2. The van der Waals surface area contributed by atoms with Crippen molar-refractivity contribution in [2.75, 3.05) is 12.3 Å². The molecule has 0 amide bonds. The first-order valence-corrected chi connectivity index (χ1v) is 4.43. The number of nitrogens with two attached hydrogens (primary N) is 1. The van der Waals surface area contributed by atoms with E-state index in [1.54, 1.807) is 6.92 Å². The summed E-state index contributed by atoms with van der Waals surface area (Å²) < 4.78 is 30.5. The summed E-state index contributed by atoms with van der Waals surface area (Å²) in [5.41, 5.74) is 5.26. The van der Waals surface area contributed by atoms with Crippen molar-refractivity contribution in [3.05, 3.63) is 29.3 Å². The molecule has 0 aliphatic heterocycles. The van der Waals surface area contributed by atoms with Gasteiger partial charge in [0.2, 0.25) is 0 Å². The Morgan fingerprint density at radius 1 is 1.47 bits per heavy atom. The van der Waals surface area contributed by atoms with Gasteiger partial charge in [-0.25, -0.2) is 8.78 Å². The highest BCUT2D eigenvalue weighted by Gasteiger charge is 2.13. The molecule has 0 aliphatic carbocycles. The van der Waals surface area contributed by atoms with E-state index < -0.39 is 17.6 Å².